The molecule has 3 aromatic rings. The fourth-order valence-electron chi connectivity index (χ4n) is 3.84. The first-order chi connectivity index (χ1) is 19.1. The Morgan fingerprint density at radius 3 is 1.79 bits per heavy atom. The lowest BCUT2D eigenvalue weighted by Crippen LogP contribution is -2.08. The summed E-state index contributed by atoms with van der Waals surface area (Å²) < 4.78 is 16.9. The molecule has 0 aliphatic carbocycles. The van der Waals surface area contributed by atoms with Crippen molar-refractivity contribution < 1.29 is 24.1 Å². The van der Waals surface area contributed by atoms with Crippen molar-refractivity contribution in [3.63, 3.8) is 0 Å². The first-order valence-electron chi connectivity index (χ1n) is 14.0. The van der Waals surface area contributed by atoms with Crippen molar-refractivity contribution in [2.24, 2.45) is 10.2 Å². The number of carbonyl (C=O) groups is 1. The zero-order valence-corrected chi connectivity index (χ0v) is 23.1. The van der Waals surface area contributed by atoms with Gasteiger partial charge in [0.05, 0.1) is 24.5 Å². The molecule has 0 amide bonds. The van der Waals surface area contributed by atoms with Crippen LogP contribution in [0.2, 0.25) is 0 Å². The molecule has 3 aromatic carbocycles. The van der Waals surface area contributed by atoms with Crippen molar-refractivity contribution in [2.75, 3.05) is 13.2 Å². The Hall–Kier alpha value is -3.87. The van der Waals surface area contributed by atoms with Crippen molar-refractivity contribution >= 4 is 17.3 Å². The number of hydrogen-bond donors (Lipinski definition) is 1. The second kappa shape index (κ2) is 16.9. The summed E-state index contributed by atoms with van der Waals surface area (Å²) in [7, 11) is 0. The molecule has 7 heteroatoms. The SMILES string of the molecule is CCCCCCCOc1ccc(C(=O)Oc2ccc(N=Nc3ccc(OCCCCCC)cc3)c(O)c2)cc1. The number of phenolic OH excluding ortho intramolecular Hbond substituents is 1. The minimum Gasteiger partial charge on any atom is -0.505 e. The molecule has 0 saturated carbocycles. The predicted octanol–water partition coefficient (Wildman–Crippen LogP) is 9.34. The molecule has 0 spiro atoms. The third kappa shape index (κ3) is 10.8. The van der Waals surface area contributed by atoms with E-state index in [-0.39, 0.29) is 17.2 Å². The molecule has 39 heavy (non-hydrogen) atoms. The average molecular weight is 533 g/mol. The summed E-state index contributed by atoms with van der Waals surface area (Å²) in [4.78, 5) is 12.5. The third-order valence-corrected chi connectivity index (χ3v) is 6.14. The predicted molar refractivity (Wildman–Crippen MR) is 154 cm³/mol. The number of unbranched alkanes of at least 4 members (excludes halogenated alkanes) is 7. The highest BCUT2D eigenvalue weighted by atomic mass is 16.5. The second-order valence-electron chi connectivity index (χ2n) is 9.43. The largest absolute Gasteiger partial charge is 0.505 e. The molecule has 0 heterocycles. The fraction of sp³-hybridized carbons (Fsp3) is 0.406. The molecule has 0 atom stereocenters. The topological polar surface area (TPSA) is 89.7 Å². The summed E-state index contributed by atoms with van der Waals surface area (Å²) in [5.41, 5.74) is 1.29. The molecule has 0 radical (unpaired) electrons. The Morgan fingerprint density at radius 1 is 0.667 bits per heavy atom. The van der Waals surface area contributed by atoms with Crippen LogP contribution in [0.4, 0.5) is 11.4 Å². The van der Waals surface area contributed by atoms with Gasteiger partial charge in [-0.15, -0.1) is 5.11 Å². The van der Waals surface area contributed by atoms with Crippen LogP contribution in [0.3, 0.4) is 0 Å². The molecule has 0 saturated heterocycles. The van der Waals surface area contributed by atoms with E-state index in [4.69, 9.17) is 14.2 Å². The minimum atomic E-state index is -0.525. The van der Waals surface area contributed by atoms with Crippen LogP contribution in [0.1, 0.15) is 82.0 Å². The van der Waals surface area contributed by atoms with Crippen molar-refractivity contribution in [2.45, 2.75) is 71.6 Å². The van der Waals surface area contributed by atoms with E-state index in [1.54, 1.807) is 36.4 Å². The second-order valence-corrected chi connectivity index (χ2v) is 9.43. The number of hydrogen-bond acceptors (Lipinski definition) is 7. The van der Waals surface area contributed by atoms with Crippen LogP contribution < -0.4 is 14.2 Å². The monoisotopic (exact) mass is 532 g/mol. The van der Waals surface area contributed by atoms with Crippen molar-refractivity contribution in [1.82, 2.24) is 0 Å². The number of rotatable bonds is 17. The smallest absolute Gasteiger partial charge is 0.343 e. The van der Waals surface area contributed by atoms with Gasteiger partial charge >= 0.3 is 5.97 Å². The number of nitrogens with zero attached hydrogens (tertiary/aromatic N) is 2. The van der Waals surface area contributed by atoms with Crippen LogP contribution in [-0.2, 0) is 0 Å². The Bertz CT molecular complexity index is 1160. The molecule has 0 aliphatic heterocycles. The van der Waals surface area contributed by atoms with E-state index in [0.717, 1.165) is 30.8 Å². The van der Waals surface area contributed by atoms with Gasteiger partial charge < -0.3 is 19.3 Å². The molecule has 3 rings (SSSR count). The molecule has 7 nitrogen and oxygen atoms in total. The Morgan fingerprint density at radius 2 is 1.21 bits per heavy atom. The molecule has 0 aliphatic rings. The van der Waals surface area contributed by atoms with Gasteiger partial charge in [0.2, 0.25) is 0 Å². The maximum absolute atomic E-state index is 12.5. The average Bonchev–Trinajstić information content (AvgIpc) is 2.95. The van der Waals surface area contributed by atoms with Crippen LogP contribution in [0.25, 0.3) is 0 Å². The first-order valence-corrected chi connectivity index (χ1v) is 14.0. The maximum Gasteiger partial charge on any atom is 0.343 e. The maximum atomic E-state index is 12.5. The van der Waals surface area contributed by atoms with Gasteiger partial charge in [0.25, 0.3) is 0 Å². The summed E-state index contributed by atoms with van der Waals surface area (Å²) in [6.07, 6.45) is 10.5. The number of benzene rings is 3. The van der Waals surface area contributed by atoms with Crippen molar-refractivity contribution in [1.29, 1.82) is 0 Å². The zero-order chi connectivity index (χ0) is 27.7. The molecule has 0 aromatic heterocycles. The lowest BCUT2D eigenvalue weighted by Gasteiger charge is -2.08. The summed E-state index contributed by atoms with van der Waals surface area (Å²) in [5.74, 6) is 1.06. The normalized spacial score (nSPS) is 11.0. The van der Waals surface area contributed by atoms with Gasteiger partial charge in [-0.25, -0.2) is 4.79 Å². The van der Waals surface area contributed by atoms with E-state index in [1.165, 1.54) is 44.6 Å². The lowest BCUT2D eigenvalue weighted by molar-refractivity contribution is 0.0734. The standard InChI is InChI=1S/C32H40N2O5/c1-3-5-7-9-11-23-37-27-16-12-25(13-17-27)32(36)39-29-20-21-30(31(35)24-29)34-33-26-14-18-28(19-15-26)38-22-10-8-6-4-2/h12-21,24,35H,3-11,22-23H2,1-2H3. The van der Waals surface area contributed by atoms with Gasteiger partial charge in [0, 0.05) is 6.07 Å². The Balaban J connectivity index is 1.46. The minimum absolute atomic E-state index is 0.140. The van der Waals surface area contributed by atoms with E-state index in [9.17, 15) is 9.90 Å². The molecule has 208 valence electrons. The van der Waals surface area contributed by atoms with E-state index in [0.29, 0.717) is 24.5 Å². The summed E-state index contributed by atoms with van der Waals surface area (Å²) >= 11 is 0. The number of esters is 1. The fourth-order valence-corrected chi connectivity index (χ4v) is 3.84. The molecular weight excluding hydrogens is 492 g/mol. The van der Waals surface area contributed by atoms with E-state index in [2.05, 4.69) is 24.1 Å². The van der Waals surface area contributed by atoms with Crippen LogP contribution in [0.5, 0.6) is 23.0 Å². The van der Waals surface area contributed by atoms with E-state index >= 15 is 0 Å². The van der Waals surface area contributed by atoms with Gasteiger partial charge in [0.1, 0.15) is 28.7 Å². The summed E-state index contributed by atoms with van der Waals surface area (Å²) in [6.45, 7) is 5.74. The highest BCUT2D eigenvalue weighted by Crippen LogP contribution is 2.32. The van der Waals surface area contributed by atoms with Gasteiger partial charge in [0.15, 0.2) is 0 Å². The molecule has 0 bridgehead atoms. The molecule has 0 unspecified atom stereocenters. The Labute approximate surface area is 231 Å². The summed E-state index contributed by atoms with van der Waals surface area (Å²) in [6, 6.07) is 18.6. The van der Waals surface area contributed by atoms with Gasteiger partial charge in [-0.2, -0.15) is 5.11 Å². The van der Waals surface area contributed by atoms with Crippen LogP contribution >= 0.6 is 0 Å². The van der Waals surface area contributed by atoms with Gasteiger partial charge in [-0.05, 0) is 73.5 Å². The number of azo groups is 1. The van der Waals surface area contributed by atoms with Crippen molar-refractivity contribution in [3.05, 3.63) is 72.3 Å². The van der Waals surface area contributed by atoms with Crippen LogP contribution in [-0.4, -0.2) is 24.3 Å². The van der Waals surface area contributed by atoms with Crippen LogP contribution in [0, 0.1) is 0 Å². The summed E-state index contributed by atoms with van der Waals surface area (Å²) in [5, 5.41) is 18.7. The number of carbonyl (C=O) groups excluding carboxylic acids is 1. The van der Waals surface area contributed by atoms with Gasteiger partial charge in [-0.3, -0.25) is 0 Å². The quantitative estimate of drug-likeness (QED) is 0.0809. The number of aromatic hydroxyl groups is 1. The molecule has 0 fully saturated rings. The Kier molecular flexibility index (Phi) is 12.8. The third-order valence-electron chi connectivity index (χ3n) is 6.14. The number of phenols is 1. The first kappa shape index (κ1) is 29.7. The highest BCUT2D eigenvalue weighted by Gasteiger charge is 2.11. The lowest BCUT2D eigenvalue weighted by atomic mass is 10.2. The zero-order valence-electron chi connectivity index (χ0n) is 23.1. The van der Waals surface area contributed by atoms with E-state index < -0.39 is 5.97 Å². The number of ether oxygens (including phenoxy) is 3. The van der Waals surface area contributed by atoms with E-state index in [1.807, 2.05) is 24.3 Å². The van der Waals surface area contributed by atoms with Crippen LogP contribution in [0.15, 0.2) is 77.0 Å². The highest BCUT2D eigenvalue weighted by molar-refractivity contribution is 5.91. The van der Waals surface area contributed by atoms with Crippen molar-refractivity contribution in [3.8, 4) is 23.0 Å². The molecular formula is C32H40N2O5. The van der Waals surface area contributed by atoms with Gasteiger partial charge in [-0.1, -0.05) is 58.8 Å². The molecule has 1 N–H and O–H groups in total.